The third-order valence-corrected chi connectivity index (χ3v) is 4.60. The highest BCUT2D eigenvalue weighted by Crippen LogP contribution is 2.26. The summed E-state index contributed by atoms with van der Waals surface area (Å²) in [6.07, 6.45) is 6.37. The van der Waals surface area contributed by atoms with Crippen molar-refractivity contribution in [2.75, 3.05) is 26.3 Å². The Bertz CT molecular complexity index is 282. The lowest BCUT2D eigenvalue weighted by atomic mass is 9.84. The zero-order valence-corrected chi connectivity index (χ0v) is 12.4. The molecular weight excluding hydrogens is 240 g/mol. The Morgan fingerprint density at radius 2 is 1.89 bits per heavy atom. The number of nitrogens with one attached hydrogen (secondary N) is 1. The number of morpholine rings is 1. The molecule has 1 saturated carbocycles. The van der Waals surface area contributed by atoms with E-state index in [4.69, 9.17) is 4.74 Å². The van der Waals surface area contributed by atoms with Crippen LogP contribution < -0.4 is 5.32 Å². The summed E-state index contributed by atoms with van der Waals surface area (Å²) in [6.45, 7) is 7.13. The van der Waals surface area contributed by atoms with E-state index in [1.807, 2.05) is 11.8 Å². The van der Waals surface area contributed by atoms with Gasteiger partial charge >= 0.3 is 0 Å². The summed E-state index contributed by atoms with van der Waals surface area (Å²) in [6, 6.07) is 0.476. The number of amides is 1. The van der Waals surface area contributed by atoms with Crippen LogP contribution in [-0.2, 0) is 9.53 Å². The van der Waals surface area contributed by atoms with Gasteiger partial charge in [-0.2, -0.15) is 0 Å². The summed E-state index contributed by atoms with van der Waals surface area (Å²) < 4.78 is 5.29. The van der Waals surface area contributed by atoms with Crippen molar-refractivity contribution < 1.29 is 9.53 Å². The fourth-order valence-electron chi connectivity index (χ4n) is 3.22. The van der Waals surface area contributed by atoms with Crippen LogP contribution in [0.25, 0.3) is 0 Å². The number of hydrogen-bond donors (Lipinski definition) is 1. The van der Waals surface area contributed by atoms with Crippen LogP contribution >= 0.6 is 0 Å². The molecule has 1 aliphatic heterocycles. The molecule has 0 spiro atoms. The molecule has 0 bridgehead atoms. The van der Waals surface area contributed by atoms with Gasteiger partial charge in [-0.15, -0.1) is 0 Å². The number of ether oxygens (including phenoxy) is 1. The Labute approximate surface area is 116 Å². The lowest BCUT2D eigenvalue weighted by molar-refractivity contribution is -0.137. The maximum atomic E-state index is 12.3. The van der Waals surface area contributed by atoms with Gasteiger partial charge in [-0.1, -0.05) is 13.3 Å². The number of carbonyl (C=O) groups is 1. The highest BCUT2D eigenvalue weighted by Gasteiger charge is 2.26. The van der Waals surface area contributed by atoms with E-state index in [0.29, 0.717) is 19.3 Å². The number of carbonyl (C=O) groups excluding carboxylic acids is 1. The average molecular weight is 268 g/mol. The molecule has 4 nitrogen and oxygen atoms in total. The van der Waals surface area contributed by atoms with Crippen molar-refractivity contribution in [3.63, 3.8) is 0 Å². The highest BCUT2D eigenvalue weighted by molar-refractivity contribution is 5.81. The minimum atomic E-state index is -0.0544. The van der Waals surface area contributed by atoms with Gasteiger partial charge in [0, 0.05) is 19.1 Å². The summed E-state index contributed by atoms with van der Waals surface area (Å²) in [5.41, 5.74) is 0. The molecule has 1 unspecified atom stereocenters. The minimum Gasteiger partial charge on any atom is -0.378 e. The summed E-state index contributed by atoms with van der Waals surface area (Å²) >= 11 is 0. The second kappa shape index (κ2) is 7.25. The number of nitrogens with zero attached hydrogens (tertiary/aromatic N) is 1. The van der Waals surface area contributed by atoms with Crippen LogP contribution in [-0.4, -0.2) is 49.2 Å². The van der Waals surface area contributed by atoms with Crippen molar-refractivity contribution >= 4 is 5.91 Å². The van der Waals surface area contributed by atoms with E-state index < -0.39 is 0 Å². The molecule has 2 aliphatic rings. The average Bonchev–Trinajstić information content (AvgIpc) is 2.48. The van der Waals surface area contributed by atoms with Gasteiger partial charge in [0.05, 0.1) is 19.3 Å². The first-order chi connectivity index (χ1) is 9.20. The maximum Gasteiger partial charge on any atom is 0.239 e. The molecule has 1 atom stereocenters. The van der Waals surface area contributed by atoms with Gasteiger partial charge in [-0.25, -0.2) is 0 Å². The van der Waals surface area contributed by atoms with E-state index in [1.165, 1.54) is 32.1 Å². The molecular formula is C15H28N2O2. The second-order valence-corrected chi connectivity index (χ2v) is 5.95. The van der Waals surface area contributed by atoms with Crippen LogP contribution in [0.4, 0.5) is 0 Å². The first-order valence-electron chi connectivity index (χ1n) is 7.83. The van der Waals surface area contributed by atoms with Crippen molar-refractivity contribution in [3.8, 4) is 0 Å². The lowest BCUT2D eigenvalue weighted by Crippen LogP contribution is -2.51. The Morgan fingerprint density at radius 1 is 1.26 bits per heavy atom. The van der Waals surface area contributed by atoms with Crippen LogP contribution in [0.1, 0.15) is 46.0 Å². The maximum absolute atomic E-state index is 12.3. The van der Waals surface area contributed by atoms with Crippen LogP contribution in [0, 0.1) is 5.92 Å². The molecule has 1 N–H and O–H groups in total. The van der Waals surface area contributed by atoms with Gasteiger partial charge in [-0.05, 0) is 38.5 Å². The standard InChI is InChI=1S/C15H28N2O2/c1-3-13-4-6-14(7-5-13)16-12(2)15(18)17-8-10-19-11-9-17/h12-14,16H,3-11H2,1-2H3. The predicted octanol–water partition coefficient (Wildman–Crippen LogP) is 1.79. The Morgan fingerprint density at radius 3 is 2.47 bits per heavy atom. The normalized spacial score (nSPS) is 30.1. The summed E-state index contributed by atoms with van der Waals surface area (Å²) in [5.74, 6) is 1.14. The Hall–Kier alpha value is -0.610. The molecule has 19 heavy (non-hydrogen) atoms. The van der Waals surface area contributed by atoms with Crippen molar-refractivity contribution in [1.82, 2.24) is 10.2 Å². The third kappa shape index (κ3) is 4.18. The van der Waals surface area contributed by atoms with Gasteiger partial charge in [0.2, 0.25) is 5.91 Å². The lowest BCUT2D eigenvalue weighted by Gasteiger charge is -2.33. The quantitative estimate of drug-likeness (QED) is 0.845. The van der Waals surface area contributed by atoms with E-state index in [0.717, 1.165) is 19.0 Å². The topological polar surface area (TPSA) is 41.6 Å². The number of hydrogen-bond acceptors (Lipinski definition) is 3. The first-order valence-corrected chi connectivity index (χ1v) is 7.83. The molecule has 1 saturated heterocycles. The van der Waals surface area contributed by atoms with Crippen molar-refractivity contribution in [2.45, 2.75) is 58.0 Å². The van der Waals surface area contributed by atoms with Gasteiger partial charge < -0.3 is 15.0 Å². The first kappa shape index (κ1) is 14.8. The SMILES string of the molecule is CCC1CCC(NC(C)C(=O)N2CCOCC2)CC1. The molecule has 1 heterocycles. The van der Waals surface area contributed by atoms with Crippen LogP contribution in [0.5, 0.6) is 0 Å². The van der Waals surface area contributed by atoms with E-state index in [9.17, 15) is 4.79 Å². The van der Waals surface area contributed by atoms with Crippen molar-refractivity contribution in [3.05, 3.63) is 0 Å². The van der Waals surface area contributed by atoms with E-state index in [1.54, 1.807) is 0 Å². The summed E-state index contributed by atoms with van der Waals surface area (Å²) in [7, 11) is 0. The van der Waals surface area contributed by atoms with E-state index in [-0.39, 0.29) is 11.9 Å². The molecule has 110 valence electrons. The predicted molar refractivity (Wildman–Crippen MR) is 76.0 cm³/mol. The Balaban J connectivity index is 1.74. The van der Waals surface area contributed by atoms with Crippen LogP contribution in [0.2, 0.25) is 0 Å². The fraction of sp³-hybridized carbons (Fsp3) is 0.933. The van der Waals surface area contributed by atoms with Gasteiger partial charge in [0.1, 0.15) is 0 Å². The molecule has 2 rings (SSSR count). The minimum absolute atomic E-state index is 0.0544. The molecule has 1 amide bonds. The smallest absolute Gasteiger partial charge is 0.239 e. The number of rotatable bonds is 4. The third-order valence-electron chi connectivity index (χ3n) is 4.60. The molecule has 0 aromatic heterocycles. The van der Waals surface area contributed by atoms with Crippen LogP contribution in [0.3, 0.4) is 0 Å². The molecule has 4 heteroatoms. The fourth-order valence-corrected chi connectivity index (χ4v) is 3.22. The van der Waals surface area contributed by atoms with Crippen molar-refractivity contribution in [2.24, 2.45) is 5.92 Å². The van der Waals surface area contributed by atoms with Gasteiger partial charge in [0.25, 0.3) is 0 Å². The summed E-state index contributed by atoms with van der Waals surface area (Å²) in [4.78, 5) is 14.2. The molecule has 1 aliphatic carbocycles. The van der Waals surface area contributed by atoms with Crippen molar-refractivity contribution in [1.29, 1.82) is 0 Å². The summed E-state index contributed by atoms with van der Waals surface area (Å²) in [5, 5.41) is 3.53. The van der Waals surface area contributed by atoms with Gasteiger partial charge in [-0.3, -0.25) is 4.79 Å². The second-order valence-electron chi connectivity index (χ2n) is 5.95. The highest BCUT2D eigenvalue weighted by atomic mass is 16.5. The molecule has 0 aromatic carbocycles. The Kier molecular flexibility index (Phi) is 5.64. The van der Waals surface area contributed by atoms with Crippen LogP contribution in [0.15, 0.2) is 0 Å². The molecule has 0 aromatic rings. The van der Waals surface area contributed by atoms with Gasteiger partial charge in [0.15, 0.2) is 0 Å². The molecule has 0 radical (unpaired) electrons. The zero-order chi connectivity index (χ0) is 13.7. The zero-order valence-electron chi connectivity index (χ0n) is 12.4. The van der Waals surface area contributed by atoms with E-state index >= 15 is 0 Å². The monoisotopic (exact) mass is 268 g/mol. The molecule has 2 fully saturated rings. The largest absolute Gasteiger partial charge is 0.378 e. The van der Waals surface area contributed by atoms with E-state index in [2.05, 4.69) is 12.2 Å².